The average molecular weight is 629 g/mol. The predicted molar refractivity (Wildman–Crippen MR) is 96.4 cm³/mol. The molecule has 168 valence electrons. The molecule has 0 N–H and O–H groups in total. The molecule has 0 saturated heterocycles. The maximum Gasteiger partial charge on any atom is 2.00 e. The number of ether oxygens (including phenoxy) is 1. The van der Waals surface area contributed by atoms with Crippen molar-refractivity contribution < 1.29 is 47.8 Å². The predicted octanol–water partition coefficient (Wildman–Crippen LogP) is 3.74. The molecule has 3 aromatic heterocycles. The van der Waals surface area contributed by atoms with Gasteiger partial charge in [-0.1, -0.05) is 23.4 Å². The Hall–Kier alpha value is -3.27. The van der Waals surface area contributed by atoms with Crippen molar-refractivity contribution in [3.63, 3.8) is 0 Å². The number of hydrogen-bond acceptors (Lipinski definition) is 6. The Morgan fingerprint density at radius 1 is 1.03 bits per heavy atom. The zero-order valence-corrected chi connectivity index (χ0v) is 18.2. The molecule has 0 bridgehead atoms. The summed E-state index contributed by atoms with van der Waals surface area (Å²) in [6.07, 6.45) is -0.362. The van der Waals surface area contributed by atoms with Gasteiger partial charge in [0.1, 0.15) is 5.69 Å². The third kappa shape index (κ3) is 6.36. The first-order chi connectivity index (χ1) is 14.8. The maximum atomic E-state index is 13.3. The first-order valence-electron chi connectivity index (χ1n) is 8.36. The molecular weight excluding hydrogens is 618 g/mol. The van der Waals surface area contributed by atoms with E-state index in [1.807, 2.05) is 0 Å². The molecule has 3 heterocycles. The smallest absolute Gasteiger partial charge is 0.573 e. The van der Waals surface area contributed by atoms with Crippen LogP contribution < -0.4 is 9.84 Å². The topological polar surface area (TPSA) is 87.8 Å². The van der Waals surface area contributed by atoms with Crippen molar-refractivity contribution in [1.29, 1.82) is 0 Å². The fourth-order valence-electron chi connectivity index (χ4n) is 2.19. The first-order valence-corrected chi connectivity index (χ1v) is 8.36. The molecule has 0 amide bonds. The molecule has 4 aromatic rings. The van der Waals surface area contributed by atoms with E-state index in [2.05, 4.69) is 36.4 Å². The van der Waals surface area contributed by atoms with E-state index in [4.69, 9.17) is 4.74 Å². The molecule has 0 saturated carbocycles. The molecule has 1 aromatic carbocycles. The Morgan fingerprint density at radius 3 is 2.34 bits per heavy atom. The van der Waals surface area contributed by atoms with Gasteiger partial charge in [-0.15, -0.1) is 17.2 Å². The summed E-state index contributed by atoms with van der Waals surface area (Å²) in [7, 11) is 1.45. The quantitative estimate of drug-likeness (QED) is 0.252. The monoisotopic (exact) mass is 629 g/mol. The van der Waals surface area contributed by atoms with Gasteiger partial charge in [-0.2, -0.15) is 18.3 Å². The second-order valence-electron chi connectivity index (χ2n) is 5.71. The van der Waals surface area contributed by atoms with Gasteiger partial charge in [0.2, 0.25) is 5.88 Å². The van der Waals surface area contributed by atoms with Crippen LogP contribution in [0.4, 0.5) is 22.0 Å². The fraction of sp³-hybridized carbons (Fsp3) is 0.105. The minimum absolute atomic E-state index is 0. The maximum absolute atomic E-state index is 13.3. The van der Waals surface area contributed by atoms with E-state index >= 15 is 0 Å². The Bertz CT molecular complexity index is 1140. The second-order valence-corrected chi connectivity index (χ2v) is 5.71. The SMILES string of the molecule is COc1ccc(-c2[c-]cc(F)cc2F)nn1.FC(F)(F)c1cc(-c2cnccn2)[n-]n1.[Pt+2]. The van der Waals surface area contributed by atoms with Gasteiger partial charge in [-0.25, -0.2) is 0 Å². The number of methoxy groups -OCH3 is 1. The van der Waals surface area contributed by atoms with Crippen LogP contribution in [0.2, 0.25) is 0 Å². The van der Waals surface area contributed by atoms with Gasteiger partial charge in [-0.3, -0.25) is 18.7 Å². The van der Waals surface area contributed by atoms with Crippen LogP contribution in [0, 0.1) is 17.7 Å². The summed E-state index contributed by atoms with van der Waals surface area (Å²) in [4.78, 5) is 7.53. The molecule has 0 aliphatic heterocycles. The molecule has 0 radical (unpaired) electrons. The first kappa shape index (κ1) is 25.0. The van der Waals surface area contributed by atoms with Crippen LogP contribution in [-0.4, -0.2) is 32.4 Å². The van der Waals surface area contributed by atoms with Gasteiger partial charge in [0.05, 0.1) is 19.0 Å². The molecule has 0 fully saturated rings. The third-order valence-corrected chi connectivity index (χ3v) is 3.62. The molecular formula is C19H11F5N6OPt. The van der Waals surface area contributed by atoms with Crippen molar-refractivity contribution in [2.75, 3.05) is 7.11 Å². The largest absolute Gasteiger partial charge is 2.00 e. The fourth-order valence-corrected chi connectivity index (χ4v) is 2.19. The Labute approximate surface area is 192 Å². The summed E-state index contributed by atoms with van der Waals surface area (Å²) in [5.74, 6) is -1.08. The Morgan fingerprint density at radius 2 is 1.81 bits per heavy atom. The molecule has 0 spiro atoms. The van der Waals surface area contributed by atoms with Gasteiger partial charge in [0.15, 0.2) is 0 Å². The van der Waals surface area contributed by atoms with Gasteiger partial charge in [0, 0.05) is 29.7 Å². The third-order valence-electron chi connectivity index (χ3n) is 3.62. The van der Waals surface area contributed by atoms with Crippen molar-refractivity contribution in [2.45, 2.75) is 6.18 Å². The summed E-state index contributed by atoms with van der Waals surface area (Å²) in [6, 6.07) is 8.19. The molecule has 0 aliphatic rings. The van der Waals surface area contributed by atoms with Crippen molar-refractivity contribution >= 4 is 0 Å². The summed E-state index contributed by atoms with van der Waals surface area (Å²) >= 11 is 0. The van der Waals surface area contributed by atoms with E-state index in [9.17, 15) is 22.0 Å². The van der Waals surface area contributed by atoms with Gasteiger partial charge in [0.25, 0.3) is 0 Å². The standard InChI is InChI=1S/C11H7F2N2O.C8H4F3N4.Pt/c1-16-11-5-4-10(14-15-11)8-3-2-7(12)6-9(8)13;9-8(10,11)7-3-5(14-15-7)6-4-12-1-2-13-6;/h2,4-6H,1H3;1-4H;/q2*-1;+2. The molecule has 4 rings (SSSR count). The van der Waals surface area contributed by atoms with Crippen molar-refractivity contribution in [1.82, 2.24) is 30.4 Å². The summed E-state index contributed by atoms with van der Waals surface area (Å²) in [5.41, 5.74) is -0.339. The van der Waals surface area contributed by atoms with Crippen LogP contribution in [0.25, 0.3) is 22.6 Å². The van der Waals surface area contributed by atoms with Gasteiger partial charge in [-0.05, 0) is 12.1 Å². The Balaban J connectivity index is 0.000000220. The van der Waals surface area contributed by atoms with E-state index in [0.717, 1.165) is 18.2 Å². The molecule has 7 nitrogen and oxygen atoms in total. The van der Waals surface area contributed by atoms with Crippen LogP contribution in [-0.2, 0) is 27.2 Å². The molecule has 32 heavy (non-hydrogen) atoms. The van der Waals surface area contributed by atoms with E-state index in [1.165, 1.54) is 31.8 Å². The number of halogens is 5. The zero-order chi connectivity index (χ0) is 22.4. The molecule has 0 unspecified atom stereocenters. The van der Waals surface area contributed by atoms with Crippen LogP contribution in [0.1, 0.15) is 5.69 Å². The molecule has 0 aliphatic carbocycles. The second kappa shape index (κ2) is 10.9. The van der Waals surface area contributed by atoms with E-state index in [1.54, 1.807) is 6.07 Å². The van der Waals surface area contributed by atoms with Crippen molar-refractivity contribution in [3.05, 3.63) is 72.3 Å². The number of aromatic nitrogens is 6. The van der Waals surface area contributed by atoms with E-state index in [0.29, 0.717) is 5.88 Å². The number of rotatable bonds is 3. The van der Waals surface area contributed by atoms with Crippen LogP contribution in [0.5, 0.6) is 5.88 Å². The van der Waals surface area contributed by atoms with E-state index in [-0.39, 0.29) is 43.7 Å². The van der Waals surface area contributed by atoms with Crippen LogP contribution in [0.15, 0.2) is 48.9 Å². The van der Waals surface area contributed by atoms with Crippen molar-refractivity contribution in [2.24, 2.45) is 0 Å². The zero-order valence-electron chi connectivity index (χ0n) is 15.9. The average Bonchev–Trinajstić information content (AvgIpc) is 3.26. The Kier molecular flexibility index (Phi) is 8.47. The van der Waals surface area contributed by atoms with Crippen LogP contribution >= 0.6 is 0 Å². The minimum atomic E-state index is -4.48. The normalized spacial score (nSPS) is 10.6. The van der Waals surface area contributed by atoms with Gasteiger partial charge < -0.3 is 14.9 Å². The van der Waals surface area contributed by atoms with Crippen molar-refractivity contribution in [3.8, 4) is 28.5 Å². The summed E-state index contributed by atoms with van der Waals surface area (Å²) in [6.45, 7) is 0. The molecule has 13 heteroatoms. The number of hydrogen-bond donors (Lipinski definition) is 0. The van der Waals surface area contributed by atoms with E-state index < -0.39 is 23.5 Å². The number of benzene rings is 1. The minimum Gasteiger partial charge on any atom is -0.573 e. The molecule has 0 atom stereocenters. The van der Waals surface area contributed by atoms with Gasteiger partial charge >= 0.3 is 27.2 Å². The van der Waals surface area contributed by atoms with Crippen LogP contribution in [0.3, 0.4) is 0 Å². The number of nitrogens with zero attached hydrogens (tertiary/aromatic N) is 6. The summed E-state index contributed by atoms with van der Waals surface area (Å²) in [5, 5.41) is 13.8. The summed E-state index contributed by atoms with van der Waals surface area (Å²) < 4.78 is 67.4. The number of alkyl halides is 3.